The minimum Gasteiger partial charge on any atom is -0.322 e. The molecule has 1 amide bonds. The van der Waals surface area contributed by atoms with Gasteiger partial charge in [-0.15, -0.1) is 0 Å². The second-order valence-electron chi connectivity index (χ2n) is 3.58. The average Bonchev–Trinajstić information content (AvgIpc) is 2.36. The number of nitrogens with zero attached hydrogens (tertiary/aromatic N) is 1. The van der Waals surface area contributed by atoms with Crippen LogP contribution in [-0.2, 0) is 0 Å². The number of aromatic nitrogens is 1. The first-order valence-electron chi connectivity index (χ1n) is 5.05. The third-order valence-electron chi connectivity index (χ3n) is 2.23. The third kappa shape index (κ3) is 3.35. The molecule has 0 bridgehead atoms. The predicted molar refractivity (Wildman–Crippen MR) is 73.6 cm³/mol. The zero-order valence-electron chi connectivity index (χ0n) is 9.25. The van der Waals surface area contributed by atoms with Crippen LogP contribution in [-0.4, -0.2) is 10.9 Å². The second kappa shape index (κ2) is 5.74. The van der Waals surface area contributed by atoms with Gasteiger partial charge in [0.15, 0.2) is 5.82 Å². The monoisotopic (exact) mass is 318 g/mol. The molecule has 0 aliphatic heterocycles. The van der Waals surface area contributed by atoms with Gasteiger partial charge in [-0.05, 0) is 24.3 Å². The summed E-state index contributed by atoms with van der Waals surface area (Å²) in [4.78, 5) is 15.7. The van der Waals surface area contributed by atoms with Crippen molar-refractivity contribution in [1.82, 2.24) is 4.98 Å². The number of rotatable bonds is 2. The summed E-state index contributed by atoms with van der Waals surface area (Å²) < 4.78 is 13.2. The Balaban J connectivity index is 2.24. The zero-order chi connectivity index (χ0) is 14.0. The zero-order valence-corrected chi connectivity index (χ0v) is 11.5. The van der Waals surface area contributed by atoms with Gasteiger partial charge in [-0.3, -0.25) is 4.79 Å². The maximum Gasteiger partial charge on any atom is 0.255 e. The molecule has 3 nitrogen and oxygen atoms in total. The molecule has 0 fully saturated rings. The van der Waals surface area contributed by atoms with Gasteiger partial charge in [0.1, 0.15) is 5.15 Å². The molecule has 98 valence electrons. The number of hydrogen-bond acceptors (Lipinski definition) is 2. The van der Waals surface area contributed by atoms with Gasteiger partial charge in [0, 0.05) is 17.4 Å². The number of amides is 1. The van der Waals surface area contributed by atoms with Gasteiger partial charge in [-0.1, -0.05) is 34.8 Å². The van der Waals surface area contributed by atoms with E-state index in [2.05, 4.69) is 10.3 Å². The molecule has 0 aliphatic carbocycles. The normalized spacial score (nSPS) is 10.3. The maximum absolute atomic E-state index is 13.2. The van der Waals surface area contributed by atoms with Gasteiger partial charge in [0.2, 0.25) is 0 Å². The summed E-state index contributed by atoms with van der Waals surface area (Å²) in [6.07, 6.45) is 1.40. The van der Waals surface area contributed by atoms with E-state index in [4.69, 9.17) is 34.8 Å². The van der Waals surface area contributed by atoms with Gasteiger partial charge >= 0.3 is 0 Å². The molecule has 7 heteroatoms. The van der Waals surface area contributed by atoms with Crippen LogP contribution >= 0.6 is 34.8 Å². The van der Waals surface area contributed by atoms with Crippen LogP contribution in [0.3, 0.4) is 0 Å². The van der Waals surface area contributed by atoms with Crippen LogP contribution < -0.4 is 5.32 Å². The molecule has 1 heterocycles. The highest BCUT2D eigenvalue weighted by Gasteiger charge is 2.11. The Kier molecular flexibility index (Phi) is 4.24. The van der Waals surface area contributed by atoms with Crippen LogP contribution in [0.15, 0.2) is 30.5 Å². The summed E-state index contributed by atoms with van der Waals surface area (Å²) in [6.45, 7) is 0. The van der Waals surface area contributed by atoms with Crippen LogP contribution in [0, 0.1) is 5.82 Å². The SMILES string of the molecule is O=C(Nc1cc(Cl)c(F)c(Cl)c1)c1ccnc(Cl)c1. The van der Waals surface area contributed by atoms with E-state index in [0.717, 1.165) is 0 Å². The van der Waals surface area contributed by atoms with Crippen molar-refractivity contribution in [2.24, 2.45) is 0 Å². The van der Waals surface area contributed by atoms with Gasteiger partial charge in [0.05, 0.1) is 10.0 Å². The fourth-order valence-electron chi connectivity index (χ4n) is 1.37. The van der Waals surface area contributed by atoms with Crippen molar-refractivity contribution in [2.45, 2.75) is 0 Å². The smallest absolute Gasteiger partial charge is 0.255 e. The maximum atomic E-state index is 13.2. The summed E-state index contributed by atoms with van der Waals surface area (Å²) in [5.74, 6) is -1.16. The number of benzene rings is 1. The molecule has 0 aliphatic rings. The van der Waals surface area contributed by atoms with Gasteiger partial charge in [0.25, 0.3) is 5.91 Å². The van der Waals surface area contributed by atoms with E-state index < -0.39 is 11.7 Å². The van der Waals surface area contributed by atoms with Crippen LogP contribution in [0.25, 0.3) is 0 Å². The first kappa shape index (κ1) is 14.1. The lowest BCUT2D eigenvalue weighted by Crippen LogP contribution is -2.12. The Morgan fingerprint density at radius 3 is 2.37 bits per heavy atom. The number of halogens is 4. The molecule has 0 atom stereocenters. The highest BCUT2D eigenvalue weighted by atomic mass is 35.5. The van der Waals surface area contributed by atoms with E-state index in [1.807, 2.05) is 0 Å². The van der Waals surface area contributed by atoms with Crippen molar-refractivity contribution < 1.29 is 9.18 Å². The second-order valence-corrected chi connectivity index (χ2v) is 4.78. The van der Waals surface area contributed by atoms with Crippen LogP contribution in [0.4, 0.5) is 10.1 Å². The van der Waals surface area contributed by atoms with E-state index in [1.165, 1.54) is 30.5 Å². The fraction of sp³-hybridized carbons (Fsp3) is 0. The van der Waals surface area contributed by atoms with Crippen molar-refractivity contribution in [1.29, 1.82) is 0 Å². The van der Waals surface area contributed by atoms with E-state index in [9.17, 15) is 9.18 Å². The van der Waals surface area contributed by atoms with Crippen molar-refractivity contribution >= 4 is 46.4 Å². The van der Waals surface area contributed by atoms with E-state index in [1.54, 1.807) is 0 Å². The van der Waals surface area contributed by atoms with Crippen LogP contribution in [0.1, 0.15) is 10.4 Å². The third-order valence-corrected chi connectivity index (χ3v) is 2.99. The highest BCUT2D eigenvalue weighted by molar-refractivity contribution is 6.35. The minimum absolute atomic E-state index is 0.171. The van der Waals surface area contributed by atoms with E-state index in [0.29, 0.717) is 5.56 Å². The molecule has 1 aromatic heterocycles. The molecule has 19 heavy (non-hydrogen) atoms. The first-order chi connectivity index (χ1) is 8.97. The van der Waals surface area contributed by atoms with Crippen molar-refractivity contribution in [2.75, 3.05) is 5.32 Å². The number of anilines is 1. The molecule has 1 aromatic carbocycles. The molecular formula is C12H6Cl3FN2O. The molecule has 2 rings (SSSR count). The predicted octanol–water partition coefficient (Wildman–Crippen LogP) is 4.43. The fourth-order valence-corrected chi connectivity index (χ4v) is 2.04. The molecule has 0 saturated heterocycles. The van der Waals surface area contributed by atoms with E-state index in [-0.39, 0.29) is 20.9 Å². The summed E-state index contributed by atoms with van der Waals surface area (Å²) in [7, 11) is 0. The average molecular weight is 320 g/mol. The van der Waals surface area contributed by atoms with Gasteiger partial charge in [-0.2, -0.15) is 0 Å². The quantitative estimate of drug-likeness (QED) is 0.657. The summed E-state index contributed by atoms with van der Waals surface area (Å²) in [5.41, 5.74) is 0.603. The Labute approximate surface area is 123 Å². The Morgan fingerprint density at radius 1 is 1.16 bits per heavy atom. The standard InChI is InChI=1S/C12H6Cl3FN2O/c13-8-4-7(5-9(14)11(8)16)18-12(19)6-1-2-17-10(15)3-6/h1-5H,(H,18,19). The topological polar surface area (TPSA) is 42.0 Å². The molecule has 0 saturated carbocycles. The van der Waals surface area contributed by atoms with Crippen molar-refractivity contribution in [3.63, 3.8) is 0 Å². The van der Waals surface area contributed by atoms with E-state index >= 15 is 0 Å². The lowest BCUT2D eigenvalue weighted by atomic mass is 10.2. The Bertz CT molecular complexity index is 626. The molecular weight excluding hydrogens is 314 g/mol. The lowest BCUT2D eigenvalue weighted by molar-refractivity contribution is 0.102. The lowest BCUT2D eigenvalue weighted by Gasteiger charge is -2.07. The van der Waals surface area contributed by atoms with Crippen LogP contribution in [0.2, 0.25) is 15.2 Å². The Hall–Kier alpha value is -1.36. The van der Waals surface area contributed by atoms with Gasteiger partial charge in [-0.25, -0.2) is 9.37 Å². The first-order valence-corrected chi connectivity index (χ1v) is 6.18. The number of carbonyl (C=O) groups excluding carboxylic acids is 1. The molecule has 0 unspecified atom stereocenters. The number of pyridine rings is 1. The molecule has 1 N–H and O–H groups in total. The minimum atomic E-state index is -0.728. The van der Waals surface area contributed by atoms with Crippen molar-refractivity contribution in [3.8, 4) is 0 Å². The number of carbonyl (C=O) groups is 1. The highest BCUT2D eigenvalue weighted by Crippen LogP contribution is 2.27. The Morgan fingerprint density at radius 2 is 1.79 bits per heavy atom. The number of nitrogens with one attached hydrogen (secondary N) is 1. The van der Waals surface area contributed by atoms with Gasteiger partial charge < -0.3 is 5.32 Å². The molecule has 0 radical (unpaired) electrons. The molecule has 0 spiro atoms. The summed E-state index contributed by atoms with van der Waals surface area (Å²) in [5, 5.41) is 2.39. The summed E-state index contributed by atoms with van der Waals surface area (Å²) >= 11 is 16.9. The largest absolute Gasteiger partial charge is 0.322 e. The van der Waals surface area contributed by atoms with Crippen LogP contribution in [0.5, 0.6) is 0 Å². The summed E-state index contributed by atoms with van der Waals surface area (Å²) in [6, 6.07) is 5.44. The molecule has 2 aromatic rings. The van der Waals surface area contributed by atoms with Crippen molar-refractivity contribution in [3.05, 3.63) is 57.0 Å². The number of hydrogen-bond donors (Lipinski definition) is 1.